The zero-order valence-corrected chi connectivity index (χ0v) is 26.2. The third-order valence-electron chi connectivity index (χ3n) is 7.62. The summed E-state index contributed by atoms with van der Waals surface area (Å²) in [5.74, 6) is 0.0272. The van der Waals surface area contributed by atoms with Crippen LogP contribution in [0, 0.1) is 0 Å². The Hall–Kier alpha value is -2.49. The van der Waals surface area contributed by atoms with Gasteiger partial charge in [0.15, 0.2) is 18.1 Å². The minimum Gasteiger partial charge on any atom is -0.387 e. The zero-order valence-electron chi connectivity index (χ0n) is 22.7. The van der Waals surface area contributed by atoms with Crippen molar-refractivity contribution < 1.29 is 47.2 Å². The average Bonchev–Trinajstić information content (AvgIpc) is 3.72. The second-order valence-corrected chi connectivity index (χ2v) is 16.1. The van der Waals surface area contributed by atoms with Crippen LogP contribution in [0.15, 0.2) is 35.6 Å². The summed E-state index contributed by atoms with van der Waals surface area (Å²) in [5, 5.41) is 23.1. The first-order valence-electron chi connectivity index (χ1n) is 13.2. The summed E-state index contributed by atoms with van der Waals surface area (Å²) in [7, 11) is 0. The van der Waals surface area contributed by atoms with Crippen LogP contribution >= 0.6 is 25.8 Å². The fourth-order valence-corrected chi connectivity index (χ4v) is 8.48. The smallest absolute Gasteiger partial charge is 0.386 e. The van der Waals surface area contributed by atoms with E-state index in [-0.39, 0.29) is 22.8 Å². The number of thiol groups is 1. The molecule has 4 aromatic rings. The van der Waals surface area contributed by atoms with Gasteiger partial charge >= 0.3 is 13.5 Å². The predicted octanol–water partition coefficient (Wildman–Crippen LogP) is -0.0776. The number of nitrogens with one attached hydrogen (secondary N) is 1. The van der Waals surface area contributed by atoms with E-state index in [1.54, 1.807) is 12.3 Å². The molecule has 3 aliphatic rings. The second-order valence-electron chi connectivity index (χ2n) is 10.4. The molecule has 3 fully saturated rings. The van der Waals surface area contributed by atoms with Gasteiger partial charge in [0.05, 0.1) is 24.0 Å². The SMILES string of the molecule is Nc1nc2c(ccn2[C@@H]2O[C@@H]3COP(O)(=S)OC4[C@@H](COP(=O)(S)OC2[C@H]3O)O[C@@H](n2ccc3c(N)ncnc32)[C@H]4O)c(=O)[nH]1. The normalized spacial score (nSPS) is 37.7. The Bertz CT molecular complexity index is 1940. The number of ether oxygens (including phenoxy) is 2. The highest BCUT2D eigenvalue weighted by molar-refractivity contribution is 8.44. The van der Waals surface area contributed by atoms with Crippen molar-refractivity contribution in [2.75, 3.05) is 24.7 Å². The number of hydrogen-bond donors (Lipinski definition) is 7. The topological polar surface area (TPSA) is 267 Å². The second kappa shape index (κ2) is 11.3. The zero-order chi connectivity index (χ0) is 31.8. The molecule has 2 bridgehead atoms. The summed E-state index contributed by atoms with van der Waals surface area (Å²) in [5.41, 5.74) is 11.6. The van der Waals surface area contributed by atoms with E-state index < -0.39 is 81.4 Å². The number of nitrogens with zero attached hydrogens (tertiary/aromatic N) is 5. The van der Waals surface area contributed by atoms with E-state index >= 15 is 0 Å². The van der Waals surface area contributed by atoms with Gasteiger partial charge in [-0.25, -0.2) is 14.5 Å². The van der Waals surface area contributed by atoms with Crippen LogP contribution in [0.25, 0.3) is 22.1 Å². The number of nitrogen functional groups attached to an aromatic ring is 2. The van der Waals surface area contributed by atoms with E-state index in [1.807, 2.05) is 0 Å². The van der Waals surface area contributed by atoms with Crippen LogP contribution in [-0.4, -0.2) is 94.0 Å². The molecule has 10 atom stereocenters. The lowest BCUT2D eigenvalue weighted by atomic mass is 10.1. The van der Waals surface area contributed by atoms with Gasteiger partial charge in [0.1, 0.15) is 54.4 Å². The summed E-state index contributed by atoms with van der Waals surface area (Å²) in [6, 6.07) is 3.08. The molecule has 8 N–H and O–H groups in total. The lowest BCUT2D eigenvalue weighted by Gasteiger charge is -2.27. The molecule has 0 spiro atoms. The number of fused-ring (bicyclic) bond motifs is 5. The summed E-state index contributed by atoms with van der Waals surface area (Å²) in [4.78, 5) is 38.1. The largest absolute Gasteiger partial charge is 0.387 e. The molecule has 4 aromatic heterocycles. The third-order valence-corrected chi connectivity index (χ3v) is 10.8. The maximum atomic E-state index is 13.6. The quantitative estimate of drug-likeness (QED) is 0.106. The third kappa shape index (κ3) is 5.61. The lowest BCUT2D eigenvalue weighted by Crippen LogP contribution is -2.36. The molecule has 0 aromatic carbocycles. The van der Waals surface area contributed by atoms with E-state index in [9.17, 15) is 24.5 Å². The van der Waals surface area contributed by atoms with E-state index in [0.29, 0.717) is 11.0 Å². The molecular weight excluding hydrogens is 678 g/mol. The molecule has 3 aliphatic heterocycles. The van der Waals surface area contributed by atoms with Gasteiger partial charge in [-0.15, -0.1) is 0 Å². The van der Waals surface area contributed by atoms with Gasteiger partial charge in [-0.3, -0.25) is 23.3 Å². The van der Waals surface area contributed by atoms with Gasteiger partial charge in [-0.1, -0.05) is 12.2 Å². The summed E-state index contributed by atoms with van der Waals surface area (Å²) in [6.07, 6.45) is -6.33. The number of anilines is 2. The molecule has 7 rings (SSSR count). The molecule has 3 saturated heterocycles. The Labute approximate surface area is 262 Å². The summed E-state index contributed by atoms with van der Waals surface area (Å²) in [6.45, 7) is -9.55. The number of aromatic amines is 1. The Kier molecular flexibility index (Phi) is 7.84. The fraction of sp³-hybridized carbons (Fsp3) is 0.455. The van der Waals surface area contributed by atoms with Crippen LogP contribution in [0.3, 0.4) is 0 Å². The van der Waals surface area contributed by atoms with Crippen molar-refractivity contribution in [3.8, 4) is 0 Å². The van der Waals surface area contributed by atoms with Gasteiger partial charge in [-0.2, -0.15) is 4.98 Å². The Morgan fingerprint density at radius 2 is 1.64 bits per heavy atom. The molecule has 242 valence electrons. The van der Waals surface area contributed by atoms with E-state index in [2.05, 4.69) is 32.2 Å². The Balaban J connectivity index is 1.21. The van der Waals surface area contributed by atoms with E-state index in [0.717, 1.165) is 0 Å². The van der Waals surface area contributed by atoms with Crippen LogP contribution in [0.5, 0.6) is 0 Å². The minimum atomic E-state index is -4.33. The number of nitrogens with two attached hydrogens (primary N) is 2. The van der Waals surface area contributed by atoms with Gasteiger partial charge < -0.3 is 49.7 Å². The van der Waals surface area contributed by atoms with E-state index in [1.165, 1.54) is 27.7 Å². The van der Waals surface area contributed by atoms with Crippen molar-refractivity contribution in [2.45, 2.75) is 49.1 Å². The highest BCUT2D eigenvalue weighted by Gasteiger charge is 2.52. The molecular formula is C22H26N8O11P2S2. The van der Waals surface area contributed by atoms with Crippen LogP contribution in [0.2, 0.25) is 0 Å². The first-order chi connectivity index (χ1) is 21.3. The number of rotatable bonds is 2. The molecule has 0 radical (unpaired) electrons. The number of aliphatic hydroxyl groups is 2. The average molecular weight is 705 g/mol. The fourth-order valence-electron chi connectivity index (χ4n) is 5.57. The standard InChI is InChI=1S/C22H26N8O11P2S2/c23-16-8-1-3-29(17(8)26-7-25-16)20-13(32)14-11(39-20)6-37-43(35,45)41-15-12(31)10(5-36-42(34,44)40-14)38-21(15)30-4-2-9-18(30)27-22(24)28-19(9)33/h1-4,7,10-15,20-21,31-32H,5-6H2,(H,34,44)(H,35,45)(H2,23,25,26)(H3,24,27,28,33)/t10-,11-,12+,13+,14?,15?,20-,21-,42?,43?/m1/s1. The molecule has 0 amide bonds. The molecule has 4 unspecified atom stereocenters. The molecule has 0 aliphatic carbocycles. The maximum absolute atomic E-state index is 13.6. The summed E-state index contributed by atoms with van der Waals surface area (Å²) < 4.78 is 51.0. The van der Waals surface area contributed by atoms with Crippen LogP contribution in [0.4, 0.5) is 11.8 Å². The van der Waals surface area contributed by atoms with E-state index in [4.69, 9.17) is 50.8 Å². The van der Waals surface area contributed by atoms with Crippen molar-refractivity contribution in [3.63, 3.8) is 0 Å². The minimum absolute atomic E-state index is 0.0852. The number of aliphatic hydroxyl groups excluding tert-OH is 2. The summed E-state index contributed by atoms with van der Waals surface area (Å²) >= 11 is 9.34. The predicted molar refractivity (Wildman–Crippen MR) is 161 cm³/mol. The van der Waals surface area contributed by atoms with Crippen molar-refractivity contribution >= 4 is 71.4 Å². The van der Waals surface area contributed by atoms with Crippen LogP contribution in [0.1, 0.15) is 12.5 Å². The maximum Gasteiger partial charge on any atom is 0.386 e. The lowest BCUT2D eigenvalue weighted by molar-refractivity contribution is -0.0586. The van der Waals surface area contributed by atoms with Gasteiger partial charge in [0, 0.05) is 12.4 Å². The number of aromatic nitrogens is 6. The van der Waals surface area contributed by atoms with Crippen molar-refractivity contribution in [3.05, 3.63) is 41.2 Å². The molecule has 45 heavy (non-hydrogen) atoms. The van der Waals surface area contributed by atoms with Gasteiger partial charge in [0.2, 0.25) is 5.95 Å². The Morgan fingerprint density at radius 1 is 0.956 bits per heavy atom. The molecule has 19 nitrogen and oxygen atoms in total. The van der Waals surface area contributed by atoms with Crippen molar-refractivity contribution in [1.29, 1.82) is 0 Å². The highest BCUT2D eigenvalue weighted by atomic mass is 32.7. The Morgan fingerprint density at radius 3 is 2.42 bits per heavy atom. The van der Waals surface area contributed by atoms with Crippen LogP contribution < -0.4 is 17.0 Å². The molecule has 7 heterocycles. The van der Waals surface area contributed by atoms with Crippen LogP contribution in [-0.2, 0) is 43.9 Å². The highest BCUT2D eigenvalue weighted by Crippen LogP contribution is 2.58. The molecule has 0 saturated carbocycles. The van der Waals surface area contributed by atoms with Crippen molar-refractivity contribution in [1.82, 2.24) is 29.1 Å². The first-order valence-corrected chi connectivity index (χ1v) is 18.5. The molecule has 23 heteroatoms. The van der Waals surface area contributed by atoms with Gasteiger partial charge in [0.25, 0.3) is 5.56 Å². The first kappa shape index (κ1) is 31.1. The van der Waals surface area contributed by atoms with Gasteiger partial charge in [-0.05, 0) is 23.9 Å². The monoisotopic (exact) mass is 704 g/mol. The van der Waals surface area contributed by atoms with Crippen molar-refractivity contribution in [2.24, 2.45) is 0 Å². The number of hydrogen-bond acceptors (Lipinski definition) is 16. The number of H-pyrrole nitrogens is 1.